The van der Waals surface area contributed by atoms with Crippen molar-refractivity contribution in [2.45, 2.75) is 57.7 Å². The maximum Gasteiger partial charge on any atom is 0.242 e. The molecule has 0 bridgehead atoms. The Morgan fingerprint density at radius 1 is 1.25 bits per heavy atom. The quantitative estimate of drug-likeness (QED) is 0.882. The lowest BCUT2D eigenvalue weighted by molar-refractivity contribution is -0.131. The molecule has 2 aromatic rings. The van der Waals surface area contributed by atoms with E-state index in [1.165, 1.54) is 0 Å². The first kappa shape index (κ1) is 18.9. The predicted molar refractivity (Wildman–Crippen MR) is 108 cm³/mol. The number of pyridine rings is 2. The number of hydrogen-bond donors (Lipinski definition) is 1. The zero-order valence-corrected chi connectivity index (χ0v) is 17.0. The summed E-state index contributed by atoms with van der Waals surface area (Å²) in [4.78, 5) is 23.6. The molecule has 148 valence electrons. The molecule has 1 N–H and O–H groups in total. The zero-order valence-electron chi connectivity index (χ0n) is 17.0. The largest absolute Gasteiger partial charge is 0.475 e. The normalized spacial score (nSPS) is 24.5. The molecule has 6 nitrogen and oxygen atoms in total. The Bertz CT molecular complexity index is 881. The van der Waals surface area contributed by atoms with Crippen LogP contribution in [0.15, 0.2) is 30.5 Å². The van der Waals surface area contributed by atoms with Gasteiger partial charge in [-0.15, -0.1) is 0 Å². The predicted octanol–water partition coefficient (Wildman–Crippen LogP) is 3.26. The van der Waals surface area contributed by atoms with Gasteiger partial charge in [0.2, 0.25) is 11.8 Å². The van der Waals surface area contributed by atoms with E-state index in [1.54, 1.807) is 0 Å². The number of carbonyl (C=O) groups excluding carboxylic acids is 1. The van der Waals surface area contributed by atoms with Crippen molar-refractivity contribution in [3.63, 3.8) is 0 Å². The van der Waals surface area contributed by atoms with Crippen molar-refractivity contribution in [3.8, 4) is 17.0 Å². The summed E-state index contributed by atoms with van der Waals surface area (Å²) in [5.74, 6) is 0.848. The van der Waals surface area contributed by atoms with Crippen LogP contribution in [0.25, 0.3) is 11.1 Å². The summed E-state index contributed by atoms with van der Waals surface area (Å²) in [7, 11) is 1.88. The zero-order chi connectivity index (χ0) is 19.9. The van der Waals surface area contributed by atoms with Crippen LogP contribution in [0.1, 0.15) is 50.5 Å². The number of aryl methyl sites for hydroxylation is 1. The summed E-state index contributed by atoms with van der Waals surface area (Å²) >= 11 is 0. The second-order valence-corrected chi connectivity index (χ2v) is 8.27. The van der Waals surface area contributed by atoms with Gasteiger partial charge in [-0.1, -0.05) is 0 Å². The Balaban J connectivity index is 1.57. The van der Waals surface area contributed by atoms with E-state index in [4.69, 9.17) is 9.72 Å². The van der Waals surface area contributed by atoms with E-state index in [0.717, 1.165) is 48.3 Å². The molecule has 0 radical (unpaired) electrons. The van der Waals surface area contributed by atoms with Crippen molar-refractivity contribution in [1.82, 2.24) is 20.2 Å². The van der Waals surface area contributed by atoms with Crippen LogP contribution in [0.3, 0.4) is 0 Å². The maximum absolute atomic E-state index is 12.6. The van der Waals surface area contributed by atoms with Crippen LogP contribution in [0.5, 0.6) is 5.88 Å². The Kier molecular flexibility index (Phi) is 4.83. The van der Waals surface area contributed by atoms with Gasteiger partial charge in [-0.3, -0.25) is 15.1 Å². The van der Waals surface area contributed by atoms with Crippen molar-refractivity contribution in [2.75, 3.05) is 13.6 Å². The van der Waals surface area contributed by atoms with Gasteiger partial charge < -0.3 is 9.64 Å². The van der Waals surface area contributed by atoms with Crippen LogP contribution in [0.2, 0.25) is 0 Å². The van der Waals surface area contributed by atoms with Crippen LogP contribution in [0, 0.1) is 6.92 Å². The van der Waals surface area contributed by atoms with Crippen molar-refractivity contribution >= 4 is 5.91 Å². The van der Waals surface area contributed by atoms with Crippen LogP contribution in [-0.4, -0.2) is 46.0 Å². The van der Waals surface area contributed by atoms with Gasteiger partial charge in [-0.2, -0.15) is 0 Å². The average Bonchev–Trinajstić information content (AvgIpc) is 3.21. The van der Waals surface area contributed by atoms with E-state index in [-0.39, 0.29) is 18.1 Å². The summed E-state index contributed by atoms with van der Waals surface area (Å²) in [6, 6.07) is 8.23. The molecule has 2 aliphatic heterocycles. The molecule has 2 aliphatic rings. The first-order chi connectivity index (χ1) is 13.4. The van der Waals surface area contributed by atoms with Gasteiger partial charge in [0, 0.05) is 37.1 Å². The van der Waals surface area contributed by atoms with Gasteiger partial charge in [0.05, 0.1) is 17.8 Å². The van der Waals surface area contributed by atoms with Gasteiger partial charge >= 0.3 is 0 Å². The Labute approximate surface area is 166 Å². The van der Waals surface area contributed by atoms with Crippen molar-refractivity contribution in [1.29, 1.82) is 0 Å². The molecular formula is C22H28N4O2. The molecule has 1 spiro atoms. The Morgan fingerprint density at radius 2 is 2.07 bits per heavy atom. The van der Waals surface area contributed by atoms with Crippen LogP contribution >= 0.6 is 0 Å². The number of ether oxygens (including phenoxy) is 1. The van der Waals surface area contributed by atoms with Crippen molar-refractivity contribution < 1.29 is 9.53 Å². The fraction of sp³-hybridized carbons (Fsp3) is 0.500. The minimum atomic E-state index is -0.400. The smallest absolute Gasteiger partial charge is 0.242 e. The number of likely N-dealkylation sites (tertiary alicyclic amines) is 1. The number of carbonyl (C=O) groups is 1. The molecule has 0 aliphatic carbocycles. The van der Waals surface area contributed by atoms with E-state index < -0.39 is 5.54 Å². The molecule has 2 aromatic heterocycles. The fourth-order valence-corrected chi connectivity index (χ4v) is 4.29. The lowest BCUT2D eigenvalue weighted by Crippen LogP contribution is -2.47. The first-order valence-corrected chi connectivity index (χ1v) is 10.0. The minimum Gasteiger partial charge on any atom is -0.475 e. The topological polar surface area (TPSA) is 67.3 Å². The molecule has 4 rings (SSSR count). The number of rotatable bonds is 4. The van der Waals surface area contributed by atoms with Crippen LogP contribution in [0.4, 0.5) is 0 Å². The van der Waals surface area contributed by atoms with Gasteiger partial charge in [0.1, 0.15) is 5.54 Å². The fourth-order valence-electron chi connectivity index (χ4n) is 4.29. The van der Waals surface area contributed by atoms with E-state index in [9.17, 15) is 4.79 Å². The standard InChI is InChI=1S/C22H28N4O2/c1-14(2)28-20-6-5-16(13-23-20)17-11-15(3)24-19(12-17)18-7-8-22(25-18)9-10-26(4)21(22)27/h5-6,11-14,18,25H,7-10H2,1-4H3/t18-,22+/m0/s1. The molecular weight excluding hydrogens is 352 g/mol. The third kappa shape index (κ3) is 3.49. The average molecular weight is 380 g/mol. The molecule has 0 unspecified atom stereocenters. The first-order valence-electron chi connectivity index (χ1n) is 10.0. The maximum atomic E-state index is 12.6. The second kappa shape index (κ2) is 7.17. The van der Waals surface area contributed by atoms with Gasteiger partial charge in [-0.25, -0.2) is 4.98 Å². The molecule has 0 saturated carbocycles. The number of nitrogens with zero attached hydrogens (tertiary/aromatic N) is 3. The minimum absolute atomic E-state index is 0.102. The van der Waals surface area contributed by atoms with Crippen LogP contribution < -0.4 is 10.1 Å². The molecule has 2 atom stereocenters. The summed E-state index contributed by atoms with van der Waals surface area (Å²) in [6.45, 7) is 6.81. The number of likely N-dealkylation sites (N-methyl/N-ethyl adjacent to an activating group) is 1. The van der Waals surface area contributed by atoms with Crippen molar-refractivity contribution in [2.24, 2.45) is 0 Å². The number of nitrogens with one attached hydrogen (secondary N) is 1. The Morgan fingerprint density at radius 3 is 2.71 bits per heavy atom. The van der Waals surface area contributed by atoms with Crippen LogP contribution in [-0.2, 0) is 4.79 Å². The molecule has 6 heteroatoms. The van der Waals surface area contributed by atoms with Gasteiger partial charge in [0.25, 0.3) is 0 Å². The molecule has 4 heterocycles. The third-order valence-electron chi connectivity index (χ3n) is 5.70. The lowest BCUT2D eigenvalue weighted by Gasteiger charge is -2.23. The number of amides is 1. The van der Waals surface area contributed by atoms with Gasteiger partial charge in [-0.05, 0) is 63.8 Å². The lowest BCUT2D eigenvalue weighted by atomic mass is 9.96. The van der Waals surface area contributed by atoms with E-state index >= 15 is 0 Å². The van der Waals surface area contributed by atoms with Gasteiger partial charge in [0.15, 0.2) is 0 Å². The molecule has 2 fully saturated rings. The summed E-state index contributed by atoms with van der Waals surface area (Å²) in [5, 5.41) is 3.61. The molecule has 28 heavy (non-hydrogen) atoms. The molecule has 2 saturated heterocycles. The highest BCUT2D eigenvalue weighted by Crippen LogP contribution is 2.39. The van der Waals surface area contributed by atoms with E-state index in [2.05, 4.69) is 22.4 Å². The summed E-state index contributed by atoms with van der Waals surface area (Å²) in [6.07, 6.45) is 4.61. The Hall–Kier alpha value is -2.47. The number of hydrogen-bond acceptors (Lipinski definition) is 5. The molecule has 0 aromatic carbocycles. The van der Waals surface area contributed by atoms with E-state index in [0.29, 0.717) is 5.88 Å². The van der Waals surface area contributed by atoms with E-state index in [1.807, 2.05) is 51.0 Å². The second-order valence-electron chi connectivity index (χ2n) is 8.27. The number of aromatic nitrogens is 2. The highest BCUT2D eigenvalue weighted by Gasteiger charge is 2.50. The SMILES string of the molecule is Cc1cc(-c2ccc(OC(C)C)nc2)cc([C@@H]2CC[C@]3(CCN(C)C3=O)N2)n1. The van der Waals surface area contributed by atoms with Crippen molar-refractivity contribution in [3.05, 3.63) is 41.9 Å². The third-order valence-corrected chi connectivity index (χ3v) is 5.70. The molecule has 1 amide bonds. The summed E-state index contributed by atoms with van der Waals surface area (Å²) in [5.41, 5.74) is 3.68. The highest BCUT2D eigenvalue weighted by molar-refractivity contribution is 5.88. The summed E-state index contributed by atoms with van der Waals surface area (Å²) < 4.78 is 5.64. The highest BCUT2D eigenvalue weighted by atomic mass is 16.5. The monoisotopic (exact) mass is 380 g/mol.